The number of nitrogens with one attached hydrogen (secondary N) is 1. The maximum atomic E-state index is 12.2. The van der Waals surface area contributed by atoms with E-state index in [0.29, 0.717) is 18.2 Å². The minimum Gasteiger partial charge on any atom is -0.379 e. The monoisotopic (exact) mass is 314 g/mol. The van der Waals surface area contributed by atoms with Crippen LogP contribution in [0.3, 0.4) is 0 Å². The second kappa shape index (κ2) is 8.39. The van der Waals surface area contributed by atoms with Crippen molar-refractivity contribution in [3.63, 3.8) is 0 Å². The fraction of sp³-hybridized carbons (Fsp3) is 0.733. The third-order valence-corrected chi connectivity index (χ3v) is 3.72. The lowest BCUT2D eigenvalue weighted by Crippen LogP contribution is -2.35. The Morgan fingerprint density at radius 2 is 1.95 bits per heavy atom. The molecule has 0 saturated heterocycles. The second-order valence-corrected chi connectivity index (χ2v) is 6.16. The SMILES string of the molecule is CCN(CC)CC(C)Nc1cnn(CC(C)C)c(=O)c1Cl. The highest BCUT2D eigenvalue weighted by molar-refractivity contribution is 6.32. The second-order valence-electron chi connectivity index (χ2n) is 5.78. The Morgan fingerprint density at radius 1 is 1.33 bits per heavy atom. The van der Waals surface area contributed by atoms with Gasteiger partial charge in [0.1, 0.15) is 5.02 Å². The molecule has 5 nitrogen and oxygen atoms in total. The predicted octanol–water partition coefficient (Wildman–Crippen LogP) is 2.69. The minimum atomic E-state index is -0.231. The summed E-state index contributed by atoms with van der Waals surface area (Å²) in [6, 6.07) is 0.199. The van der Waals surface area contributed by atoms with Crippen LogP contribution in [-0.4, -0.2) is 40.4 Å². The molecular formula is C15H27ClN4O. The van der Waals surface area contributed by atoms with Gasteiger partial charge in [0.15, 0.2) is 0 Å². The van der Waals surface area contributed by atoms with Crippen molar-refractivity contribution in [2.75, 3.05) is 25.0 Å². The zero-order valence-electron chi connectivity index (χ0n) is 13.7. The first-order chi connectivity index (χ1) is 9.88. The first-order valence-electron chi connectivity index (χ1n) is 7.63. The summed E-state index contributed by atoms with van der Waals surface area (Å²) in [4.78, 5) is 14.5. The molecule has 0 spiro atoms. The molecule has 120 valence electrons. The molecule has 0 aliphatic rings. The number of anilines is 1. The Balaban J connectivity index is 2.81. The van der Waals surface area contributed by atoms with E-state index < -0.39 is 0 Å². The predicted molar refractivity (Wildman–Crippen MR) is 89.2 cm³/mol. The summed E-state index contributed by atoms with van der Waals surface area (Å²) in [5.74, 6) is 0.353. The summed E-state index contributed by atoms with van der Waals surface area (Å²) in [6.45, 7) is 13.9. The van der Waals surface area contributed by atoms with Gasteiger partial charge in [-0.25, -0.2) is 4.68 Å². The van der Waals surface area contributed by atoms with Crippen LogP contribution in [0.1, 0.15) is 34.6 Å². The zero-order valence-corrected chi connectivity index (χ0v) is 14.4. The molecule has 1 rings (SSSR count). The lowest BCUT2D eigenvalue weighted by atomic mass is 10.2. The fourth-order valence-electron chi connectivity index (χ4n) is 2.22. The van der Waals surface area contributed by atoms with Crippen molar-refractivity contribution in [1.82, 2.24) is 14.7 Å². The van der Waals surface area contributed by atoms with E-state index in [4.69, 9.17) is 11.6 Å². The molecule has 0 fully saturated rings. The standard InChI is InChI=1S/C15H27ClN4O/c1-6-19(7-2)10-12(5)18-13-8-17-20(9-11(3)4)15(21)14(13)16/h8,11-12,18H,6-7,9-10H2,1-5H3. The van der Waals surface area contributed by atoms with Gasteiger partial charge in [-0.15, -0.1) is 0 Å². The number of halogens is 1. The highest BCUT2D eigenvalue weighted by atomic mass is 35.5. The van der Waals surface area contributed by atoms with E-state index >= 15 is 0 Å². The zero-order chi connectivity index (χ0) is 16.0. The van der Waals surface area contributed by atoms with Gasteiger partial charge in [0.05, 0.1) is 11.9 Å². The van der Waals surface area contributed by atoms with Crippen molar-refractivity contribution < 1.29 is 0 Å². The van der Waals surface area contributed by atoms with Crippen LogP contribution < -0.4 is 10.9 Å². The van der Waals surface area contributed by atoms with Gasteiger partial charge in [-0.2, -0.15) is 5.10 Å². The van der Waals surface area contributed by atoms with E-state index in [0.717, 1.165) is 19.6 Å². The Labute approximate surface area is 132 Å². The van der Waals surface area contributed by atoms with Crippen LogP contribution >= 0.6 is 11.6 Å². The normalized spacial score (nSPS) is 13.0. The maximum absolute atomic E-state index is 12.2. The molecule has 1 heterocycles. The highest BCUT2D eigenvalue weighted by Crippen LogP contribution is 2.16. The summed E-state index contributed by atoms with van der Waals surface area (Å²) in [5.41, 5.74) is 0.381. The van der Waals surface area contributed by atoms with Gasteiger partial charge in [0.25, 0.3) is 5.56 Å². The van der Waals surface area contributed by atoms with Gasteiger partial charge in [-0.3, -0.25) is 4.79 Å². The molecular weight excluding hydrogens is 288 g/mol. The molecule has 21 heavy (non-hydrogen) atoms. The van der Waals surface area contributed by atoms with E-state index in [1.807, 2.05) is 13.8 Å². The number of aromatic nitrogens is 2. The summed E-state index contributed by atoms with van der Waals surface area (Å²) < 4.78 is 1.42. The summed E-state index contributed by atoms with van der Waals surface area (Å²) in [5, 5.41) is 7.70. The number of likely N-dealkylation sites (N-methyl/N-ethyl adjacent to an activating group) is 1. The average Bonchev–Trinajstić information content (AvgIpc) is 2.44. The number of rotatable bonds is 8. The van der Waals surface area contributed by atoms with Crippen molar-refractivity contribution in [2.24, 2.45) is 5.92 Å². The average molecular weight is 315 g/mol. The molecule has 1 aromatic rings. The third kappa shape index (κ3) is 5.32. The molecule has 1 unspecified atom stereocenters. The topological polar surface area (TPSA) is 50.2 Å². The molecule has 0 aromatic carbocycles. The molecule has 0 aliphatic carbocycles. The van der Waals surface area contributed by atoms with E-state index in [-0.39, 0.29) is 16.6 Å². The van der Waals surface area contributed by atoms with E-state index in [1.165, 1.54) is 4.68 Å². The molecule has 6 heteroatoms. The van der Waals surface area contributed by atoms with Gasteiger partial charge in [0.2, 0.25) is 0 Å². The van der Waals surface area contributed by atoms with Crippen LogP contribution in [0.4, 0.5) is 5.69 Å². The van der Waals surface area contributed by atoms with Crippen molar-refractivity contribution >= 4 is 17.3 Å². The maximum Gasteiger partial charge on any atom is 0.287 e. The van der Waals surface area contributed by atoms with Crippen LogP contribution in [0.5, 0.6) is 0 Å². The van der Waals surface area contributed by atoms with Crippen LogP contribution in [0.25, 0.3) is 0 Å². The van der Waals surface area contributed by atoms with Crippen LogP contribution in [0, 0.1) is 5.92 Å². The first-order valence-corrected chi connectivity index (χ1v) is 8.01. The quantitative estimate of drug-likeness (QED) is 0.801. The Kier molecular flexibility index (Phi) is 7.18. The van der Waals surface area contributed by atoms with Crippen LogP contribution in [0.2, 0.25) is 5.02 Å². The largest absolute Gasteiger partial charge is 0.379 e. The van der Waals surface area contributed by atoms with E-state index in [2.05, 4.69) is 36.1 Å². The molecule has 0 radical (unpaired) electrons. The van der Waals surface area contributed by atoms with Crippen molar-refractivity contribution in [3.8, 4) is 0 Å². The summed E-state index contributed by atoms with van der Waals surface area (Å²) >= 11 is 6.18. The van der Waals surface area contributed by atoms with Gasteiger partial charge >= 0.3 is 0 Å². The number of nitrogens with zero attached hydrogens (tertiary/aromatic N) is 3. The van der Waals surface area contributed by atoms with Crippen molar-refractivity contribution in [1.29, 1.82) is 0 Å². The molecule has 0 saturated carbocycles. The van der Waals surface area contributed by atoms with Gasteiger partial charge in [0, 0.05) is 19.1 Å². The van der Waals surface area contributed by atoms with Gasteiger partial charge < -0.3 is 10.2 Å². The molecule has 0 aliphatic heterocycles. The van der Waals surface area contributed by atoms with Gasteiger partial charge in [-0.1, -0.05) is 39.3 Å². The lowest BCUT2D eigenvalue weighted by Gasteiger charge is -2.24. The summed E-state index contributed by atoms with van der Waals surface area (Å²) in [7, 11) is 0. The molecule has 1 atom stereocenters. The van der Waals surface area contributed by atoms with E-state index in [9.17, 15) is 4.79 Å². The highest BCUT2D eigenvalue weighted by Gasteiger charge is 2.13. The minimum absolute atomic E-state index is 0.199. The van der Waals surface area contributed by atoms with Crippen molar-refractivity contribution in [3.05, 3.63) is 21.6 Å². The van der Waals surface area contributed by atoms with Crippen molar-refractivity contribution in [2.45, 2.75) is 47.2 Å². The van der Waals surface area contributed by atoms with Gasteiger partial charge in [-0.05, 0) is 25.9 Å². The lowest BCUT2D eigenvalue weighted by molar-refractivity contribution is 0.294. The summed E-state index contributed by atoms with van der Waals surface area (Å²) in [6.07, 6.45) is 1.64. The van der Waals surface area contributed by atoms with Crippen LogP contribution in [0.15, 0.2) is 11.0 Å². The molecule has 0 amide bonds. The Morgan fingerprint density at radius 3 is 2.48 bits per heavy atom. The van der Waals surface area contributed by atoms with Crippen LogP contribution in [-0.2, 0) is 6.54 Å². The smallest absolute Gasteiger partial charge is 0.287 e. The fourth-order valence-corrected chi connectivity index (χ4v) is 2.42. The first kappa shape index (κ1) is 18.0. The number of hydrogen-bond acceptors (Lipinski definition) is 4. The molecule has 1 aromatic heterocycles. The number of hydrogen-bond donors (Lipinski definition) is 1. The van der Waals surface area contributed by atoms with E-state index in [1.54, 1.807) is 6.20 Å². The molecule has 0 bridgehead atoms. The molecule has 1 N–H and O–H groups in total. The third-order valence-electron chi connectivity index (χ3n) is 3.35. The Hall–Kier alpha value is -1.07. The Bertz CT molecular complexity index is 497.